The fourth-order valence-electron chi connectivity index (χ4n) is 3.83. The number of hydrogen-bond acceptors (Lipinski definition) is 5. The van der Waals surface area contributed by atoms with Gasteiger partial charge in [0.25, 0.3) is 0 Å². The van der Waals surface area contributed by atoms with Gasteiger partial charge < -0.3 is 9.64 Å². The molecule has 0 saturated carbocycles. The molecule has 0 aliphatic carbocycles. The molecule has 1 heterocycles. The van der Waals surface area contributed by atoms with Gasteiger partial charge in [0.15, 0.2) is 9.84 Å². The molecular formula is C23H27NO5S. The van der Waals surface area contributed by atoms with Crippen molar-refractivity contribution in [2.24, 2.45) is 0 Å². The Morgan fingerprint density at radius 1 is 1.03 bits per heavy atom. The molecule has 0 bridgehead atoms. The summed E-state index contributed by atoms with van der Waals surface area (Å²) in [4.78, 5) is 27.2. The molecule has 160 valence electrons. The molecule has 6 nitrogen and oxygen atoms in total. The number of nitrogens with zero attached hydrogens (tertiary/aromatic N) is 1. The molecule has 0 radical (unpaired) electrons. The van der Waals surface area contributed by atoms with Gasteiger partial charge in [-0.15, -0.1) is 0 Å². The van der Waals surface area contributed by atoms with E-state index in [4.69, 9.17) is 4.74 Å². The van der Waals surface area contributed by atoms with Gasteiger partial charge in [0.05, 0.1) is 12.2 Å². The molecule has 30 heavy (non-hydrogen) atoms. The SMILES string of the molecule is CN1C(=O)[C@@H](S(=O)(=O)Cc2ccccc2)[C@H](CC(=O)OC(C)(C)C)c2ccccc21. The van der Waals surface area contributed by atoms with Gasteiger partial charge in [-0.05, 0) is 38.0 Å². The van der Waals surface area contributed by atoms with E-state index in [1.54, 1.807) is 82.4 Å². The van der Waals surface area contributed by atoms with Crippen molar-refractivity contribution in [3.63, 3.8) is 0 Å². The van der Waals surface area contributed by atoms with Crippen LogP contribution in [0.2, 0.25) is 0 Å². The topological polar surface area (TPSA) is 80.8 Å². The van der Waals surface area contributed by atoms with Gasteiger partial charge in [0, 0.05) is 18.7 Å². The first kappa shape index (κ1) is 22.0. The van der Waals surface area contributed by atoms with Gasteiger partial charge in [-0.3, -0.25) is 9.59 Å². The molecule has 2 aromatic carbocycles. The summed E-state index contributed by atoms with van der Waals surface area (Å²) >= 11 is 0. The summed E-state index contributed by atoms with van der Waals surface area (Å²) < 4.78 is 32.2. The second-order valence-electron chi connectivity index (χ2n) is 8.57. The number of fused-ring (bicyclic) bond motifs is 1. The van der Waals surface area contributed by atoms with Crippen molar-refractivity contribution in [3.05, 3.63) is 65.7 Å². The molecule has 3 rings (SSSR count). The zero-order chi connectivity index (χ0) is 22.1. The van der Waals surface area contributed by atoms with Gasteiger partial charge in [0.1, 0.15) is 10.9 Å². The van der Waals surface area contributed by atoms with Gasteiger partial charge in [-0.2, -0.15) is 0 Å². The highest BCUT2D eigenvalue weighted by molar-refractivity contribution is 7.92. The largest absolute Gasteiger partial charge is 0.460 e. The van der Waals surface area contributed by atoms with Crippen LogP contribution in [0, 0.1) is 0 Å². The number of esters is 1. The lowest BCUT2D eigenvalue weighted by molar-refractivity contribution is -0.155. The fraction of sp³-hybridized carbons (Fsp3) is 0.391. The molecule has 0 aromatic heterocycles. The van der Waals surface area contributed by atoms with Crippen molar-refractivity contribution in [3.8, 4) is 0 Å². The monoisotopic (exact) mass is 429 g/mol. The van der Waals surface area contributed by atoms with E-state index < -0.39 is 38.5 Å². The Morgan fingerprint density at radius 3 is 2.27 bits per heavy atom. The fourth-order valence-corrected chi connectivity index (χ4v) is 5.88. The highest BCUT2D eigenvalue weighted by Crippen LogP contribution is 2.41. The number of anilines is 1. The van der Waals surface area contributed by atoms with Gasteiger partial charge in [0.2, 0.25) is 5.91 Å². The van der Waals surface area contributed by atoms with E-state index in [2.05, 4.69) is 0 Å². The predicted molar refractivity (Wildman–Crippen MR) is 116 cm³/mol. The molecule has 1 aliphatic rings. The van der Waals surface area contributed by atoms with Crippen LogP contribution >= 0.6 is 0 Å². The number of ether oxygens (including phenoxy) is 1. The Labute approximate surface area is 177 Å². The molecule has 0 unspecified atom stereocenters. The van der Waals surface area contributed by atoms with Crippen LogP contribution in [-0.4, -0.2) is 38.2 Å². The average Bonchev–Trinajstić information content (AvgIpc) is 2.64. The second kappa shape index (κ2) is 8.22. The standard InChI is InChI=1S/C23H27NO5S/c1-23(2,3)29-20(25)14-18-17-12-8-9-13-19(17)24(4)22(26)21(18)30(27,28)15-16-10-6-5-7-11-16/h5-13,18,21H,14-15H2,1-4H3/t18-,21+/m1/s1. The first-order chi connectivity index (χ1) is 14.0. The zero-order valence-corrected chi connectivity index (χ0v) is 18.5. The van der Waals surface area contributed by atoms with Crippen LogP contribution in [0.25, 0.3) is 0 Å². The normalized spacial score (nSPS) is 19.3. The second-order valence-corrected chi connectivity index (χ2v) is 10.7. The summed E-state index contributed by atoms with van der Waals surface area (Å²) in [5, 5.41) is -1.36. The third kappa shape index (κ3) is 4.73. The molecule has 0 N–H and O–H groups in total. The molecule has 0 saturated heterocycles. The molecule has 0 fully saturated rings. The van der Waals surface area contributed by atoms with Crippen LogP contribution in [0.4, 0.5) is 5.69 Å². The van der Waals surface area contributed by atoms with E-state index in [1.165, 1.54) is 4.90 Å². The van der Waals surface area contributed by atoms with E-state index >= 15 is 0 Å². The number of hydrogen-bond donors (Lipinski definition) is 0. The van der Waals surface area contributed by atoms with Gasteiger partial charge in [-0.1, -0.05) is 48.5 Å². The molecule has 2 atom stereocenters. The minimum Gasteiger partial charge on any atom is -0.460 e. The van der Waals surface area contributed by atoms with Crippen LogP contribution in [0.3, 0.4) is 0 Å². The summed E-state index contributed by atoms with van der Waals surface area (Å²) in [5.41, 5.74) is 1.17. The van der Waals surface area contributed by atoms with Crippen molar-refractivity contribution < 1.29 is 22.7 Å². The van der Waals surface area contributed by atoms with Crippen LogP contribution in [0.15, 0.2) is 54.6 Å². The van der Waals surface area contributed by atoms with Gasteiger partial charge in [-0.25, -0.2) is 8.42 Å². The number of rotatable bonds is 5. The first-order valence-electron chi connectivity index (χ1n) is 9.83. The Hall–Kier alpha value is -2.67. The predicted octanol–water partition coefficient (Wildman–Crippen LogP) is 3.46. The third-order valence-corrected chi connectivity index (χ3v) is 7.08. The smallest absolute Gasteiger partial charge is 0.306 e. The minimum atomic E-state index is -3.90. The highest BCUT2D eigenvalue weighted by atomic mass is 32.2. The molecule has 2 aromatic rings. The van der Waals surface area contributed by atoms with Crippen LogP contribution in [0.5, 0.6) is 0 Å². The maximum Gasteiger partial charge on any atom is 0.306 e. The van der Waals surface area contributed by atoms with E-state index in [9.17, 15) is 18.0 Å². The summed E-state index contributed by atoms with van der Waals surface area (Å²) in [7, 11) is -2.33. The Morgan fingerprint density at radius 2 is 1.63 bits per heavy atom. The molecule has 1 amide bonds. The van der Waals surface area contributed by atoms with Crippen LogP contribution in [-0.2, 0) is 29.9 Å². The lowest BCUT2D eigenvalue weighted by Gasteiger charge is -2.37. The summed E-state index contributed by atoms with van der Waals surface area (Å²) in [6.45, 7) is 5.26. The van der Waals surface area contributed by atoms with Gasteiger partial charge >= 0.3 is 5.97 Å². The van der Waals surface area contributed by atoms with Crippen molar-refractivity contribution in [2.45, 2.75) is 49.7 Å². The molecule has 7 heteroatoms. The number of carbonyl (C=O) groups excluding carboxylic acids is 2. The number of carbonyl (C=O) groups is 2. The van der Waals surface area contributed by atoms with E-state index in [0.717, 1.165) is 0 Å². The zero-order valence-electron chi connectivity index (χ0n) is 17.7. The summed E-state index contributed by atoms with van der Waals surface area (Å²) in [5.74, 6) is -2.14. The molecule has 0 spiro atoms. The number of benzene rings is 2. The Balaban J connectivity index is 2.04. The number of sulfone groups is 1. The first-order valence-corrected chi connectivity index (χ1v) is 11.5. The Kier molecular flexibility index (Phi) is 6.04. The van der Waals surface area contributed by atoms with Crippen LogP contribution in [0.1, 0.15) is 44.2 Å². The maximum absolute atomic E-state index is 13.4. The molecule has 1 aliphatic heterocycles. The average molecular weight is 430 g/mol. The van der Waals surface area contributed by atoms with E-state index in [-0.39, 0.29) is 12.2 Å². The lowest BCUT2D eigenvalue weighted by atomic mass is 9.86. The summed E-state index contributed by atoms with van der Waals surface area (Å²) in [6.07, 6.45) is -0.188. The third-order valence-electron chi connectivity index (χ3n) is 5.04. The van der Waals surface area contributed by atoms with Crippen molar-refractivity contribution in [2.75, 3.05) is 11.9 Å². The van der Waals surface area contributed by atoms with Crippen molar-refractivity contribution >= 4 is 27.4 Å². The van der Waals surface area contributed by atoms with E-state index in [1.807, 2.05) is 0 Å². The van der Waals surface area contributed by atoms with E-state index in [0.29, 0.717) is 16.8 Å². The quantitative estimate of drug-likeness (QED) is 0.680. The maximum atomic E-state index is 13.4. The van der Waals surface area contributed by atoms with Crippen molar-refractivity contribution in [1.82, 2.24) is 0 Å². The van der Waals surface area contributed by atoms with Crippen LogP contribution < -0.4 is 4.90 Å². The van der Waals surface area contributed by atoms with Crippen molar-refractivity contribution in [1.29, 1.82) is 0 Å². The lowest BCUT2D eigenvalue weighted by Crippen LogP contribution is -2.49. The molecular weight excluding hydrogens is 402 g/mol. The minimum absolute atomic E-state index is 0.188. The number of para-hydroxylation sites is 1. The summed E-state index contributed by atoms with van der Waals surface area (Å²) in [6, 6.07) is 15.8. The number of amides is 1. The Bertz CT molecular complexity index is 1040. The highest BCUT2D eigenvalue weighted by Gasteiger charge is 2.47.